The van der Waals surface area contributed by atoms with Gasteiger partial charge in [0.05, 0.1) is 6.54 Å². The quantitative estimate of drug-likeness (QED) is 0.346. The highest BCUT2D eigenvalue weighted by Gasteiger charge is 2.25. The Morgan fingerprint density at radius 3 is 2.48 bits per heavy atom. The van der Waals surface area contributed by atoms with Gasteiger partial charge in [0.15, 0.2) is 0 Å². The third kappa shape index (κ3) is 7.97. The van der Waals surface area contributed by atoms with Crippen molar-refractivity contribution in [3.05, 3.63) is 60.6 Å². The third-order valence-electron chi connectivity index (χ3n) is 7.29. The minimum absolute atomic E-state index is 0.114. The predicted molar refractivity (Wildman–Crippen MR) is 160 cm³/mol. The van der Waals surface area contributed by atoms with Crippen LogP contribution in [0.15, 0.2) is 55.0 Å². The Kier molecular flexibility index (Phi) is 10.8. The van der Waals surface area contributed by atoms with E-state index in [2.05, 4.69) is 42.2 Å². The van der Waals surface area contributed by atoms with Gasteiger partial charge in [-0.2, -0.15) is 0 Å². The third-order valence-corrected chi connectivity index (χ3v) is 7.29. The molecule has 3 aromatic rings. The fourth-order valence-electron chi connectivity index (χ4n) is 5.34. The standard InChI is InChI=1S/C28H36N8O2.C2H6/c29-8-6-25-5-2-10-36(25)28-31-17-23(18-32-28)22-7-9-30-26(16-22)33-24-4-1-3-21(15-24)19-34-11-13-35(14-12-34)20-27(37)38;1-2/h1,3-4,7,9,15-18,25H,2,5-6,8,10-14,19-20,29H2,(H,30,33)(H,37,38);1-2H3. The maximum absolute atomic E-state index is 10.9. The van der Waals surface area contributed by atoms with Crippen molar-refractivity contribution in [1.82, 2.24) is 24.8 Å². The van der Waals surface area contributed by atoms with E-state index in [9.17, 15) is 4.79 Å². The van der Waals surface area contributed by atoms with Crippen molar-refractivity contribution in [3.8, 4) is 11.1 Å². The maximum atomic E-state index is 10.9. The zero-order valence-electron chi connectivity index (χ0n) is 23.7. The van der Waals surface area contributed by atoms with Crippen molar-refractivity contribution in [2.75, 3.05) is 56.0 Å². The Morgan fingerprint density at radius 1 is 1.00 bits per heavy atom. The van der Waals surface area contributed by atoms with Crippen LogP contribution in [-0.4, -0.2) is 87.7 Å². The van der Waals surface area contributed by atoms with E-state index in [1.807, 2.05) is 55.4 Å². The van der Waals surface area contributed by atoms with Crippen LogP contribution in [0.25, 0.3) is 11.1 Å². The van der Waals surface area contributed by atoms with Crippen molar-refractivity contribution in [2.45, 2.75) is 45.7 Å². The molecule has 4 N–H and O–H groups in total. The summed E-state index contributed by atoms with van der Waals surface area (Å²) >= 11 is 0. The lowest BCUT2D eigenvalue weighted by molar-refractivity contribution is -0.138. The molecule has 10 nitrogen and oxygen atoms in total. The lowest BCUT2D eigenvalue weighted by atomic mass is 10.1. The van der Waals surface area contributed by atoms with Crippen LogP contribution in [0.2, 0.25) is 0 Å². The molecule has 0 aliphatic carbocycles. The van der Waals surface area contributed by atoms with Crippen molar-refractivity contribution in [2.24, 2.45) is 5.73 Å². The summed E-state index contributed by atoms with van der Waals surface area (Å²) in [5, 5.41) is 12.4. The molecule has 2 aliphatic heterocycles. The van der Waals surface area contributed by atoms with Crippen molar-refractivity contribution < 1.29 is 9.90 Å². The zero-order valence-corrected chi connectivity index (χ0v) is 23.7. The first-order valence-electron chi connectivity index (χ1n) is 14.3. The van der Waals surface area contributed by atoms with Crippen molar-refractivity contribution in [3.63, 3.8) is 0 Å². The Balaban J connectivity index is 0.00000181. The summed E-state index contributed by atoms with van der Waals surface area (Å²) in [6.07, 6.45) is 8.83. The van der Waals surface area contributed by atoms with E-state index in [1.165, 1.54) is 5.56 Å². The van der Waals surface area contributed by atoms with E-state index in [4.69, 9.17) is 10.8 Å². The molecule has 0 saturated carbocycles. The van der Waals surface area contributed by atoms with Crippen molar-refractivity contribution >= 4 is 23.4 Å². The number of hydrogen-bond acceptors (Lipinski definition) is 9. The molecular formula is C30H42N8O2. The largest absolute Gasteiger partial charge is 0.480 e. The van der Waals surface area contributed by atoms with Crippen LogP contribution in [0.1, 0.15) is 38.7 Å². The first-order valence-corrected chi connectivity index (χ1v) is 14.3. The van der Waals surface area contributed by atoms with Gasteiger partial charge in [-0.05, 0) is 61.2 Å². The lowest BCUT2D eigenvalue weighted by Crippen LogP contribution is -2.47. The fraction of sp³-hybridized carbons (Fsp3) is 0.467. The second kappa shape index (κ2) is 14.7. The number of nitrogens with one attached hydrogen (secondary N) is 1. The van der Waals surface area contributed by atoms with Crippen LogP contribution in [0.5, 0.6) is 0 Å². The maximum Gasteiger partial charge on any atom is 0.317 e. The summed E-state index contributed by atoms with van der Waals surface area (Å²) in [6, 6.07) is 12.8. The van der Waals surface area contributed by atoms with Gasteiger partial charge in [0, 0.05) is 75.2 Å². The Hall–Kier alpha value is -3.60. The number of anilines is 3. The highest BCUT2D eigenvalue weighted by molar-refractivity contribution is 5.69. The number of benzene rings is 1. The number of piperazine rings is 1. The van der Waals surface area contributed by atoms with E-state index in [0.29, 0.717) is 12.6 Å². The number of nitrogens with zero attached hydrogens (tertiary/aromatic N) is 6. The molecule has 1 unspecified atom stereocenters. The Bertz CT molecular complexity index is 1210. The van der Waals surface area contributed by atoms with Gasteiger partial charge in [0.1, 0.15) is 5.82 Å². The van der Waals surface area contributed by atoms with Crippen LogP contribution in [0, 0.1) is 0 Å². The van der Waals surface area contributed by atoms with Gasteiger partial charge >= 0.3 is 5.97 Å². The van der Waals surface area contributed by atoms with Crippen LogP contribution < -0.4 is 16.0 Å². The molecule has 4 heterocycles. The number of nitrogens with two attached hydrogens (primary N) is 1. The average Bonchev–Trinajstić information content (AvgIpc) is 3.44. The molecule has 40 heavy (non-hydrogen) atoms. The topological polar surface area (TPSA) is 124 Å². The van der Waals surface area contributed by atoms with Gasteiger partial charge in [0.2, 0.25) is 5.95 Å². The van der Waals surface area contributed by atoms with E-state index in [1.54, 1.807) is 6.20 Å². The highest BCUT2D eigenvalue weighted by Crippen LogP contribution is 2.27. The van der Waals surface area contributed by atoms with Gasteiger partial charge in [-0.25, -0.2) is 15.0 Å². The molecule has 2 saturated heterocycles. The molecule has 0 radical (unpaired) electrons. The summed E-state index contributed by atoms with van der Waals surface area (Å²) in [7, 11) is 0. The smallest absolute Gasteiger partial charge is 0.317 e. The van der Waals surface area contributed by atoms with Gasteiger partial charge < -0.3 is 21.1 Å². The molecule has 2 aliphatic rings. The average molecular weight is 547 g/mol. The van der Waals surface area contributed by atoms with Gasteiger partial charge in [-0.1, -0.05) is 26.0 Å². The number of hydrogen-bond donors (Lipinski definition) is 3. The van der Waals surface area contributed by atoms with Crippen LogP contribution >= 0.6 is 0 Å². The lowest BCUT2D eigenvalue weighted by Gasteiger charge is -2.33. The first kappa shape index (κ1) is 29.4. The molecular weight excluding hydrogens is 504 g/mol. The van der Waals surface area contributed by atoms with Gasteiger partial charge in [0.25, 0.3) is 0 Å². The zero-order chi connectivity index (χ0) is 28.3. The molecule has 214 valence electrons. The first-order chi connectivity index (χ1) is 19.6. The molecule has 5 rings (SSSR count). The number of carboxylic acids is 1. The number of rotatable bonds is 10. The molecule has 0 amide bonds. The fourth-order valence-corrected chi connectivity index (χ4v) is 5.34. The molecule has 1 aromatic carbocycles. The number of carbonyl (C=O) groups is 1. The minimum Gasteiger partial charge on any atom is -0.480 e. The number of pyridine rings is 1. The number of carboxylic acid groups (broad SMARTS) is 1. The van der Waals surface area contributed by atoms with E-state index in [0.717, 1.165) is 87.1 Å². The molecule has 1 atom stereocenters. The summed E-state index contributed by atoms with van der Waals surface area (Å²) in [4.78, 5) is 31.4. The van der Waals surface area contributed by atoms with Crippen LogP contribution in [0.4, 0.5) is 17.5 Å². The summed E-state index contributed by atoms with van der Waals surface area (Å²) in [6.45, 7) is 9.88. The minimum atomic E-state index is -0.766. The molecule has 0 spiro atoms. The van der Waals surface area contributed by atoms with Gasteiger partial charge in [-0.3, -0.25) is 14.6 Å². The normalized spacial score (nSPS) is 17.8. The van der Waals surface area contributed by atoms with E-state index >= 15 is 0 Å². The van der Waals surface area contributed by atoms with Crippen LogP contribution in [-0.2, 0) is 11.3 Å². The molecule has 0 bridgehead atoms. The highest BCUT2D eigenvalue weighted by atomic mass is 16.4. The monoisotopic (exact) mass is 546 g/mol. The summed E-state index contributed by atoms with van der Waals surface area (Å²) in [5.41, 5.74) is 9.92. The van der Waals surface area contributed by atoms with E-state index < -0.39 is 5.97 Å². The Morgan fingerprint density at radius 2 is 1.75 bits per heavy atom. The number of aliphatic carboxylic acids is 1. The van der Waals surface area contributed by atoms with Gasteiger partial charge in [-0.15, -0.1) is 0 Å². The predicted octanol–water partition coefficient (Wildman–Crippen LogP) is 3.83. The summed E-state index contributed by atoms with van der Waals surface area (Å²) < 4.78 is 0. The van der Waals surface area contributed by atoms with Crippen LogP contribution in [0.3, 0.4) is 0 Å². The van der Waals surface area contributed by atoms with E-state index in [-0.39, 0.29) is 6.54 Å². The summed E-state index contributed by atoms with van der Waals surface area (Å²) in [5.74, 6) is 0.767. The second-order valence-electron chi connectivity index (χ2n) is 10.0. The van der Waals surface area contributed by atoms with Crippen molar-refractivity contribution in [1.29, 1.82) is 0 Å². The Labute approximate surface area is 237 Å². The SMILES string of the molecule is CC.NCCC1CCCN1c1ncc(-c2ccnc(Nc3cccc(CN4CCN(CC(=O)O)CC4)c3)c2)cn1. The molecule has 10 heteroatoms. The molecule has 2 fully saturated rings. The second-order valence-corrected chi connectivity index (χ2v) is 10.0. The number of aromatic nitrogens is 3. The molecule has 2 aromatic heterocycles.